The Kier molecular flexibility index (Phi) is 5.77. The Balaban J connectivity index is 1.65. The molecule has 0 unspecified atom stereocenters. The van der Waals surface area contributed by atoms with Crippen molar-refractivity contribution >= 4 is 51.6 Å². The Morgan fingerprint density at radius 2 is 1.91 bits per heavy atom. The summed E-state index contributed by atoms with van der Waals surface area (Å²) < 4.78 is 0. The summed E-state index contributed by atoms with van der Waals surface area (Å²) in [6, 6.07) is 21.7. The number of carbonyl (C=O) groups is 1. The van der Waals surface area contributed by atoms with Gasteiger partial charge in [-0.05, 0) is 42.8 Å². The lowest BCUT2D eigenvalue weighted by Crippen LogP contribution is -2.24. The van der Waals surface area contributed by atoms with Crippen LogP contribution in [0.15, 0.2) is 81.5 Å². The van der Waals surface area contributed by atoms with Crippen LogP contribution in [0.1, 0.15) is 41.4 Å². The number of aromatic nitrogens is 1. The van der Waals surface area contributed by atoms with E-state index in [4.69, 9.17) is 16.6 Å². The van der Waals surface area contributed by atoms with Crippen LogP contribution < -0.4 is 5.32 Å². The number of para-hydroxylation sites is 1. The Hall–Kier alpha value is -3.02. The standard InChI is InChI=1S/C26H22ClN3OS/c1-2-3-14-28-26(31)17-10-13-22-21(15-17)30-23(16-8-11-18(27)12-9-16)24-25(32-22)19-6-4-5-7-20(19)29-24/h4-13,15,29H,2-3,14H2,1H3,(H,28,31). The minimum absolute atomic E-state index is 0.0669. The lowest BCUT2D eigenvalue weighted by atomic mass is 10.1. The molecule has 1 amide bonds. The third-order valence-corrected chi connectivity index (χ3v) is 6.94. The minimum Gasteiger partial charge on any atom is -0.352 e. The summed E-state index contributed by atoms with van der Waals surface area (Å²) in [7, 11) is 0. The van der Waals surface area contributed by atoms with Crippen molar-refractivity contribution in [3.05, 3.63) is 88.6 Å². The van der Waals surface area contributed by atoms with E-state index in [9.17, 15) is 4.79 Å². The molecule has 0 atom stereocenters. The maximum atomic E-state index is 12.6. The number of nitrogens with zero attached hydrogens (tertiary/aromatic N) is 1. The smallest absolute Gasteiger partial charge is 0.251 e. The highest BCUT2D eigenvalue weighted by Crippen LogP contribution is 2.44. The Morgan fingerprint density at radius 1 is 1.09 bits per heavy atom. The number of H-pyrrole nitrogens is 1. The van der Waals surface area contributed by atoms with Gasteiger partial charge in [0.1, 0.15) is 0 Å². The van der Waals surface area contributed by atoms with Crippen molar-refractivity contribution in [3.63, 3.8) is 0 Å². The quantitative estimate of drug-likeness (QED) is 0.278. The van der Waals surface area contributed by atoms with Gasteiger partial charge in [0, 0.05) is 43.4 Å². The zero-order valence-electron chi connectivity index (χ0n) is 17.6. The number of rotatable bonds is 5. The fraction of sp³-hybridized carbons (Fsp3) is 0.154. The molecule has 0 radical (unpaired) electrons. The monoisotopic (exact) mass is 459 g/mol. The largest absolute Gasteiger partial charge is 0.352 e. The second-order valence-corrected chi connectivity index (χ2v) is 9.22. The number of fused-ring (bicyclic) bond motifs is 4. The summed E-state index contributed by atoms with van der Waals surface area (Å²) in [5.41, 5.74) is 5.26. The van der Waals surface area contributed by atoms with Gasteiger partial charge < -0.3 is 10.3 Å². The van der Waals surface area contributed by atoms with Crippen molar-refractivity contribution in [2.75, 3.05) is 6.54 Å². The normalized spacial score (nSPS) is 12.6. The number of hydrogen-bond acceptors (Lipinski definition) is 3. The maximum Gasteiger partial charge on any atom is 0.251 e. The van der Waals surface area contributed by atoms with Crippen molar-refractivity contribution in [1.82, 2.24) is 10.3 Å². The first kappa shape index (κ1) is 20.9. The number of amides is 1. The zero-order valence-corrected chi connectivity index (χ0v) is 19.2. The van der Waals surface area contributed by atoms with Gasteiger partial charge in [0.2, 0.25) is 0 Å². The molecule has 6 heteroatoms. The van der Waals surface area contributed by atoms with E-state index in [1.54, 1.807) is 11.8 Å². The molecule has 0 saturated carbocycles. The van der Waals surface area contributed by atoms with Gasteiger partial charge in [0.15, 0.2) is 0 Å². The van der Waals surface area contributed by atoms with Crippen LogP contribution in [0.5, 0.6) is 0 Å². The maximum absolute atomic E-state index is 12.6. The summed E-state index contributed by atoms with van der Waals surface area (Å²) in [5, 5.41) is 4.83. The van der Waals surface area contributed by atoms with E-state index in [1.807, 2.05) is 54.6 Å². The summed E-state index contributed by atoms with van der Waals surface area (Å²) in [6.45, 7) is 2.79. The molecule has 5 rings (SSSR count). The number of benzene rings is 3. The average molecular weight is 460 g/mol. The second kappa shape index (κ2) is 8.85. The van der Waals surface area contributed by atoms with Gasteiger partial charge in [-0.1, -0.05) is 67.0 Å². The van der Waals surface area contributed by atoms with E-state index >= 15 is 0 Å². The molecular weight excluding hydrogens is 438 g/mol. The Labute approximate surface area is 196 Å². The highest BCUT2D eigenvalue weighted by atomic mass is 35.5. The van der Waals surface area contributed by atoms with Crippen molar-refractivity contribution in [2.45, 2.75) is 29.6 Å². The molecule has 32 heavy (non-hydrogen) atoms. The molecule has 0 spiro atoms. The first-order chi connectivity index (χ1) is 15.6. The van der Waals surface area contributed by atoms with Gasteiger partial charge in [-0.3, -0.25) is 4.79 Å². The molecule has 0 fully saturated rings. The molecule has 0 saturated heterocycles. The van der Waals surface area contributed by atoms with Crippen LogP contribution in [0.25, 0.3) is 10.9 Å². The number of nitrogens with one attached hydrogen (secondary N) is 2. The third-order valence-electron chi connectivity index (χ3n) is 5.49. The van der Waals surface area contributed by atoms with E-state index < -0.39 is 0 Å². The molecule has 4 nitrogen and oxygen atoms in total. The van der Waals surface area contributed by atoms with Crippen molar-refractivity contribution in [2.24, 2.45) is 4.99 Å². The van der Waals surface area contributed by atoms with Crippen molar-refractivity contribution in [3.8, 4) is 0 Å². The molecule has 4 aromatic rings. The van der Waals surface area contributed by atoms with Gasteiger partial charge in [-0.25, -0.2) is 4.99 Å². The van der Waals surface area contributed by atoms with Gasteiger partial charge in [0.25, 0.3) is 5.91 Å². The van der Waals surface area contributed by atoms with E-state index in [2.05, 4.69) is 29.4 Å². The molecule has 0 bridgehead atoms. The molecule has 3 aromatic carbocycles. The minimum atomic E-state index is -0.0669. The Bertz CT molecular complexity index is 1340. The molecule has 1 aliphatic rings. The Morgan fingerprint density at radius 3 is 2.72 bits per heavy atom. The van der Waals surface area contributed by atoms with Crippen LogP contribution in [0.3, 0.4) is 0 Å². The third kappa shape index (κ3) is 3.94. The first-order valence-electron chi connectivity index (χ1n) is 10.7. The topological polar surface area (TPSA) is 57.2 Å². The van der Waals surface area contributed by atoms with Gasteiger partial charge in [-0.15, -0.1) is 0 Å². The van der Waals surface area contributed by atoms with E-state index in [1.165, 1.54) is 0 Å². The van der Waals surface area contributed by atoms with Crippen LogP contribution in [0, 0.1) is 0 Å². The van der Waals surface area contributed by atoms with Crippen LogP contribution in [0.2, 0.25) is 5.02 Å². The van der Waals surface area contributed by atoms with Crippen LogP contribution in [0.4, 0.5) is 5.69 Å². The SMILES string of the molecule is CCCCNC(=O)c1ccc2c(c1)N=C(c1ccc(Cl)cc1)c1[nH]c3ccccc3c1S2. The highest BCUT2D eigenvalue weighted by molar-refractivity contribution is 7.99. The number of hydrogen-bond donors (Lipinski definition) is 2. The summed E-state index contributed by atoms with van der Waals surface area (Å²) in [6.07, 6.45) is 2.01. The van der Waals surface area contributed by atoms with Gasteiger partial charge in [-0.2, -0.15) is 0 Å². The first-order valence-corrected chi connectivity index (χ1v) is 11.9. The summed E-state index contributed by atoms with van der Waals surface area (Å²) >= 11 is 7.82. The van der Waals surface area contributed by atoms with E-state index in [-0.39, 0.29) is 5.91 Å². The fourth-order valence-corrected chi connectivity index (χ4v) is 5.03. The molecular formula is C26H22ClN3OS. The summed E-state index contributed by atoms with van der Waals surface area (Å²) in [5.74, 6) is -0.0669. The van der Waals surface area contributed by atoms with Crippen molar-refractivity contribution < 1.29 is 4.79 Å². The average Bonchev–Trinajstić information content (AvgIpc) is 3.09. The molecule has 0 aliphatic carbocycles. The highest BCUT2D eigenvalue weighted by Gasteiger charge is 2.24. The van der Waals surface area contributed by atoms with Crippen molar-refractivity contribution in [1.29, 1.82) is 0 Å². The predicted molar refractivity (Wildman–Crippen MR) is 133 cm³/mol. The van der Waals surface area contributed by atoms with Gasteiger partial charge in [0.05, 0.1) is 17.1 Å². The molecule has 2 heterocycles. The van der Waals surface area contributed by atoms with Crippen LogP contribution in [-0.2, 0) is 0 Å². The molecule has 160 valence electrons. The number of aliphatic imine (C=N–C) groups is 1. The van der Waals surface area contributed by atoms with E-state index in [0.717, 1.165) is 56.2 Å². The zero-order chi connectivity index (χ0) is 22.1. The second-order valence-electron chi connectivity index (χ2n) is 7.74. The fourth-order valence-electron chi connectivity index (χ4n) is 3.80. The number of carbonyl (C=O) groups excluding carboxylic acids is 1. The molecule has 1 aromatic heterocycles. The number of aromatic amines is 1. The molecule has 1 aliphatic heterocycles. The predicted octanol–water partition coefficient (Wildman–Crippen LogP) is 6.98. The van der Waals surface area contributed by atoms with Crippen LogP contribution in [-0.4, -0.2) is 23.1 Å². The lowest BCUT2D eigenvalue weighted by molar-refractivity contribution is 0.0953. The number of unbranched alkanes of at least 4 members (excludes halogenated alkanes) is 1. The van der Waals surface area contributed by atoms with Crippen LogP contribution >= 0.6 is 23.4 Å². The van der Waals surface area contributed by atoms with E-state index in [0.29, 0.717) is 17.1 Å². The summed E-state index contributed by atoms with van der Waals surface area (Å²) in [4.78, 5) is 23.4. The molecule has 2 N–H and O–H groups in total. The number of halogens is 1. The lowest BCUT2D eigenvalue weighted by Gasteiger charge is -2.08. The van der Waals surface area contributed by atoms with Gasteiger partial charge >= 0.3 is 0 Å².